The number of halogens is 2. The van der Waals surface area contributed by atoms with Crippen molar-refractivity contribution in [3.63, 3.8) is 0 Å². The highest BCUT2D eigenvalue weighted by atomic mass is 32.2. The van der Waals surface area contributed by atoms with Crippen LogP contribution in [0.5, 0.6) is 0 Å². The molecule has 1 aromatic carbocycles. The largest absolute Gasteiger partial charge is 0.394 e. The van der Waals surface area contributed by atoms with Crippen LogP contribution >= 0.6 is 11.8 Å². The van der Waals surface area contributed by atoms with E-state index in [2.05, 4.69) is 5.32 Å². The molecule has 100 valence electrons. The minimum atomic E-state index is -0.934. The first-order valence-corrected chi connectivity index (χ1v) is 6.32. The van der Waals surface area contributed by atoms with Gasteiger partial charge in [0.15, 0.2) is 11.6 Å². The lowest BCUT2D eigenvalue weighted by atomic mass is 10.1. The number of thioether (sulfide) groups is 1. The van der Waals surface area contributed by atoms with Crippen LogP contribution in [-0.2, 0) is 4.79 Å². The van der Waals surface area contributed by atoms with Crippen LogP contribution in [0.4, 0.5) is 8.78 Å². The number of carbonyl (C=O) groups is 1. The first kappa shape index (κ1) is 14.9. The fourth-order valence-electron chi connectivity index (χ4n) is 1.17. The highest BCUT2D eigenvalue weighted by molar-refractivity contribution is 8.00. The third kappa shape index (κ3) is 4.62. The highest BCUT2D eigenvalue weighted by Crippen LogP contribution is 2.20. The average molecular weight is 275 g/mol. The summed E-state index contributed by atoms with van der Waals surface area (Å²) in [6, 6.07) is 3.48. The van der Waals surface area contributed by atoms with Crippen molar-refractivity contribution in [2.75, 3.05) is 12.4 Å². The Bertz CT molecular complexity index is 438. The first-order valence-electron chi connectivity index (χ1n) is 5.34. The number of hydrogen-bond acceptors (Lipinski definition) is 3. The van der Waals surface area contributed by atoms with E-state index in [-0.39, 0.29) is 18.3 Å². The van der Waals surface area contributed by atoms with Gasteiger partial charge >= 0.3 is 0 Å². The Morgan fingerprint density at radius 1 is 1.39 bits per heavy atom. The van der Waals surface area contributed by atoms with Gasteiger partial charge in [0.05, 0.1) is 17.9 Å². The van der Waals surface area contributed by atoms with E-state index in [0.29, 0.717) is 4.90 Å². The maximum absolute atomic E-state index is 12.9. The quantitative estimate of drug-likeness (QED) is 0.807. The van der Waals surface area contributed by atoms with Crippen LogP contribution in [0, 0.1) is 11.6 Å². The summed E-state index contributed by atoms with van der Waals surface area (Å²) in [6.45, 7) is 3.20. The summed E-state index contributed by atoms with van der Waals surface area (Å²) in [5.41, 5.74) is -0.689. The molecule has 0 bridgehead atoms. The van der Waals surface area contributed by atoms with Gasteiger partial charge in [-0.25, -0.2) is 8.78 Å². The normalized spacial score (nSPS) is 11.4. The maximum Gasteiger partial charge on any atom is 0.230 e. The highest BCUT2D eigenvalue weighted by Gasteiger charge is 2.18. The number of amides is 1. The number of carbonyl (C=O) groups excluding carboxylic acids is 1. The fraction of sp³-hybridized carbons (Fsp3) is 0.417. The molecule has 1 rings (SSSR count). The number of hydrogen-bond donors (Lipinski definition) is 2. The molecule has 0 fully saturated rings. The molecule has 1 aromatic rings. The molecular weight excluding hydrogens is 260 g/mol. The van der Waals surface area contributed by atoms with E-state index in [1.54, 1.807) is 13.8 Å². The summed E-state index contributed by atoms with van der Waals surface area (Å²) in [7, 11) is 0. The van der Waals surface area contributed by atoms with Crippen molar-refractivity contribution < 1.29 is 18.7 Å². The molecule has 1 amide bonds. The number of benzene rings is 1. The summed E-state index contributed by atoms with van der Waals surface area (Å²) >= 11 is 1.10. The topological polar surface area (TPSA) is 49.3 Å². The minimum Gasteiger partial charge on any atom is -0.394 e. The molecule has 3 nitrogen and oxygen atoms in total. The van der Waals surface area contributed by atoms with E-state index < -0.39 is 17.2 Å². The van der Waals surface area contributed by atoms with Gasteiger partial charge in [0.2, 0.25) is 5.91 Å². The fourth-order valence-corrected chi connectivity index (χ4v) is 1.89. The molecule has 2 N–H and O–H groups in total. The SMILES string of the molecule is CC(C)(CO)NC(=O)CSc1ccc(F)c(F)c1. The van der Waals surface area contributed by atoms with Crippen LogP contribution in [0.1, 0.15) is 13.8 Å². The maximum atomic E-state index is 12.9. The lowest BCUT2D eigenvalue weighted by Gasteiger charge is -2.23. The lowest BCUT2D eigenvalue weighted by Crippen LogP contribution is -2.47. The summed E-state index contributed by atoms with van der Waals surface area (Å²) in [5.74, 6) is -2.04. The second kappa shape index (κ2) is 6.15. The molecule has 0 unspecified atom stereocenters. The van der Waals surface area contributed by atoms with Crippen molar-refractivity contribution in [1.82, 2.24) is 5.32 Å². The number of nitrogens with one attached hydrogen (secondary N) is 1. The molecule has 0 saturated carbocycles. The lowest BCUT2D eigenvalue weighted by molar-refractivity contribution is -0.120. The van der Waals surface area contributed by atoms with Crippen LogP contribution in [0.15, 0.2) is 23.1 Å². The average Bonchev–Trinajstić information content (AvgIpc) is 2.30. The Morgan fingerprint density at radius 3 is 2.61 bits per heavy atom. The van der Waals surface area contributed by atoms with Crippen LogP contribution in [0.2, 0.25) is 0 Å². The van der Waals surface area contributed by atoms with Gasteiger partial charge in [-0.1, -0.05) is 0 Å². The van der Waals surface area contributed by atoms with Crippen molar-refractivity contribution in [2.45, 2.75) is 24.3 Å². The van der Waals surface area contributed by atoms with Gasteiger partial charge in [0.1, 0.15) is 0 Å². The third-order valence-electron chi connectivity index (χ3n) is 2.13. The molecule has 0 aliphatic rings. The molecule has 6 heteroatoms. The van der Waals surface area contributed by atoms with Crippen LogP contribution < -0.4 is 5.32 Å². The van der Waals surface area contributed by atoms with E-state index in [0.717, 1.165) is 23.9 Å². The van der Waals surface area contributed by atoms with Crippen molar-refractivity contribution in [3.8, 4) is 0 Å². The van der Waals surface area contributed by atoms with Crippen LogP contribution in [0.25, 0.3) is 0 Å². The van der Waals surface area contributed by atoms with Crippen molar-refractivity contribution in [3.05, 3.63) is 29.8 Å². The standard InChI is InChI=1S/C12H15F2NO2S/c1-12(2,7-16)15-11(17)6-18-8-3-4-9(13)10(14)5-8/h3-5,16H,6-7H2,1-2H3,(H,15,17). The van der Waals surface area contributed by atoms with E-state index in [1.165, 1.54) is 6.07 Å². The van der Waals surface area contributed by atoms with E-state index in [1.807, 2.05) is 0 Å². The zero-order valence-electron chi connectivity index (χ0n) is 10.2. The monoisotopic (exact) mass is 275 g/mol. The number of aliphatic hydroxyl groups is 1. The summed E-state index contributed by atoms with van der Waals surface area (Å²) in [6.07, 6.45) is 0. The van der Waals surface area contributed by atoms with E-state index >= 15 is 0 Å². The zero-order valence-corrected chi connectivity index (χ0v) is 11.0. The Balaban J connectivity index is 2.50. The first-order chi connectivity index (χ1) is 8.34. The minimum absolute atomic E-state index is 0.0779. The molecule has 0 aromatic heterocycles. The second-order valence-corrected chi connectivity index (χ2v) is 5.50. The Labute approximate surface area is 109 Å². The molecule has 0 saturated heterocycles. The summed E-state index contributed by atoms with van der Waals surface area (Å²) in [4.78, 5) is 12.0. The Kier molecular flexibility index (Phi) is 5.10. The van der Waals surface area contributed by atoms with Gasteiger partial charge in [-0.15, -0.1) is 11.8 Å². The number of aliphatic hydroxyl groups excluding tert-OH is 1. The Hall–Kier alpha value is -1.14. The molecule has 0 spiro atoms. The molecule has 18 heavy (non-hydrogen) atoms. The molecule has 0 aliphatic heterocycles. The second-order valence-electron chi connectivity index (χ2n) is 4.45. The van der Waals surface area contributed by atoms with Crippen LogP contribution in [0.3, 0.4) is 0 Å². The molecule has 0 heterocycles. The summed E-state index contributed by atoms with van der Waals surface area (Å²) in [5, 5.41) is 11.6. The van der Waals surface area contributed by atoms with Crippen molar-refractivity contribution >= 4 is 17.7 Å². The smallest absolute Gasteiger partial charge is 0.230 e. The van der Waals surface area contributed by atoms with Gasteiger partial charge < -0.3 is 10.4 Å². The van der Waals surface area contributed by atoms with Crippen LogP contribution in [-0.4, -0.2) is 28.9 Å². The van der Waals surface area contributed by atoms with Gasteiger partial charge in [-0.05, 0) is 32.0 Å². The molecule has 0 atom stereocenters. The van der Waals surface area contributed by atoms with Gasteiger partial charge in [0, 0.05) is 4.90 Å². The number of rotatable bonds is 5. The Morgan fingerprint density at radius 2 is 2.06 bits per heavy atom. The van der Waals surface area contributed by atoms with E-state index in [4.69, 9.17) is 5.11 Å². The van der Waals surface area contributed by atoms with Gasteiger partial charge in [-0.2, -0.15) is 0 Å². The predicted octanol–water partition coefficient (Wildman–Crippen LogP) is 1.94. The summed E-state index contributed by atoms with van der Waals surface area (Å²) < 4.78 is 25.6. The van der Waals surface area contributed by atoms with Gasteiger partial charge in [-0.3, -0.25) is 4.79 Å². The van der Waals surface area contributed by atoms with Crippen molar-refractivity contribution in [2.24, 2.45) is 0 Å². The van der Waals surface area contributed by atoms with Crippen molar-refractivity contribution in [1.29, 1.82) is 0 Å². The third-order valence-corrected chi connectivity index (χ3v) is 3.13. The molecule has 0 aliphatic carbocycles. The van der Waals surface area contributed by atoms with Gasteiger partial charge in [0.25, 0.3) is 0 Å². The molecule has 0 radical (unpaired) electrons. The zero-order chi connectivity index (χ0) is 13.8. The van der Waals surface area contributed by atoms with E-state index in [9.17, 15) is 13.6 Å². The predicted molar refractivity (Wildman–Crippen MR) is 66.4 cm³/mol. The molecular formula is C12H15F2NO2S.